The van der Waals surface area contributed by atoms with Gasteiger partial charge in [-0.1, -0.05) is 25.5 Å². The van der Waals surface area contributed by atoms with Crippen LogP contribution in [0.4, 0.5) is 0 Å². The molecule has 1 N–H and O–H groups in total. The molecule has 0 bridgehead atoms. The summed E-state index contributed by atoms with van der Waals surface area (Å²) in [6, 6.07) is 8.85. The zero-order chi connectivity index (χ0) is 10.8. The zero-order valence-corrected chi connectivity index (χ0v) is 9.50. The van der Waals surface area contributed by atoms with E-state index in [1.165, 1.54) is 10.9 Å². The molecular formula is C13H17NO. The maximum absolute atomic E-state index is 5.71. The number of benzene rings is 1. The number of fused-ring (bicyclic) bond motifs is 1. The summed E-state index contributed by atoms with van der Waals surface area (Å²) in [5.74, 6) is 1.00. The average Bonchev–Trinajstić information content (AvgIpc) is 2.56. The quantitative estimate of drug-likeness (QED) is 0.828. The van der Waals surface area contributed by atoms with Crippen LogP contribution in [-0.4, -0.2) is 6.04 Å². The molecule has 0 saturated heterocycles. The van der Waals surface area contributed by atoms with Crippen LogP contribution in [0, 0.1) is 6.92 Å². The third kappa shape index (κ3) is 2.39. The minimum Gasteiger partial charge on any atom is -0.460 e. The molecule has 2 heteroatoms. The van der Waals surface area contributed by atoms with Gasteiger partial charge in [-0.15, -0.1) is 0 Å². The Kier molecular flexibility index (Phi) is 2.78. The maximum atomic E-state index is 5.71. The van der Waals surface area contributed by atoms with E-state index in [0.717, 1.165) is 17.9 Å². The fourth-order valence-corrected chi connectivity index (χ4v) is 1.61. The third-order valence-corrected chi connectivity index (χ3v) is 2.41. The molecule has 1 aromatic heterocycles. The van der Waals surface area contributed by atoms with Gasteiger partial charge in [-0.3, -0.25) is 0 Å². The average molecular weight is 203 g/mol. The Balaban J connectivity index is 2.23. The summed E-state index contributed by atoms with van der Waals surface area (Å²) in [7, 11) is 0. The van der Waals surface area contributed by atoms with Gasteiger partial charge in [-0.25, -0.2) is 0 Å². The van der Waals surface area contributed by atoms with Crippen molar-refractivity contribution in [3.8, 4) is 0 Å². The Labute approximate surface area is 90.3 Å². The van der Waals surface area contributed by atoms with Gasteiger partial charge in [0, 0.05) is 11.4 Å². The Morgan fingerprint density at radius 3 is 2.80 bits per heavy atom. The van der Waals surface area contributed by atoms with Crippen molar-refractivity contribution in [1.82, 2.24) is 5.32 Å². The monoisotopic (exact) mass is 203 g/mol. The largest absolute Gasteiger partial charge is 0.460 e. The molecule has 0 fully saturated rings. The molecule has 0 aliphatic rings. The molecule has 0 aliphatic carbocycles. The first-order valence-corrected chi connectivity index (χ1v) is 5.37. The van der Waals surface area contributed by atoms with Gasteiger partial charge < -0.3 is 9.73 Å². The SMILES string of the molecule is Cc1ccc2oc(CNC(C)C)cc2c1. The highest BCUT2D eigenvalue weighted by atomic mass is 16.3. The maximum Gasteiger partial charge on any atom is 0.134 e. The Bertz CT molecular complexity index is 457. The minimum atomic E-state index is 0.486. The second kappa shape index (κ2) is 4.07. The van der Waals surface area contributed by atoms with E-state index < -0.39 is 0 Å². The lowest BCUT2D eigenvalue weighted by Crippen LogP contribution is -2.21. The molecular weight excluding hydrogens is 186 g/mol. The van der Waals surface area contributed by atoms with Crippen LogP contribution in [-0.2, 0) is 6.54 Å². The molecule has 15 heavy (non-hydrogen) atoms. The van der Waals surface area contributed by atoms with Gasteiger partial charge in [0.15, 0.2) is 0 Å². The predicted octanol–water partition coefficient (Wildman–Crippen LogP) is 3.24. The molecule has 1 aromatic carbocycles. The first-order chi connectivity index (χ1) is 7.15. The van der Waals surface area contributed by atoms with E-state index in [0.29, 0.717) is 6.04 Å². The summed E-state index contributed by atoms with van der Waals surface area (Å²) in [4.78, 5) is 0. The molecule has 0 unspecified atom stereocenters. The van der Waals surface area contributed by atoms with Crippen LogP contribution in [0.1, 0.15) is 25.2 Å². The normalized spacial score (nSPS) is 11.5. The number of rotatable bonds is 3. The highest BCUT2D eigenvalue weighted by Gasteiger charge is 2.03. The van der Waals surface area contributed by atoms with Gasteiger partial charge in [0.05, 0.1) is 6.54 Å². The molecule has 2 nitrogen and oxygen atoms in total. The Morgan fingerprint density at radius 2 is 2.07 bits per heavy atom. The Morgan fingerprint density at radius 1 is 1.27 bits per heavy atom. The molecule has 0 spiro atoms. The van der Waals surface area contributed by atoms with Crippen molar-refractivity contribution in [2.75, 3.05) is 0 Å². The number of nitrogens with one attached hydrogen (secondary N) is 1. The van der Waals surface area contributed by atoms with Gasteiger partial charge in [0.1, 0.15) is 11.3 Å². The summed E-state index contributed by atoms with van der Waals surface area (Å²) in [5, 5.41) is 4.53. The number of furan rings is 1. The van der Waals surface area contributed by atoms with Crippen LogP contribution < -0.4 is 5.32 Å². The van der Waals surface area contributed by atoms with Gasteiger partial charge in [0.25, 0.3) is 0 Å². The van der Waals surface area contributed by atoms with E-state index in [2.05, 4.69) is 44.3 Å². The Hall–Kier alpha value is -1.28. The fraction of sp³-hybridized carbons (Fsp3) is 0.385. The van der Waals surface area contributed by atoms with Crippen LogP contribution in [0.25, 0.3) is 11.0 Å². The summed E-state index contributed by atoms with van der Waals surface area (Å²) < 4.78 is 5.71. The van der Waals surface area contributed by atoms with Crippen molar-refractivity contribution in [3.05, 3.63) is 35.6 Å². The minimum absolute atomic E-state index is 0.486. The van der Waals surface area contributed by atoms with Gasteiger partial charge in [-0.05, 0) is 25.1 Å². The number of aryl methyl sites for hydroxylation is 1. The van der Waals surface area contributed by atoms with E-state index in [-0.39, 0.29) is 0 Å². The molecule has 1 heterocycles. The van der Waals surface area contributed by atoms with E-state index in [9.17, 15) is 0 Å². The topological polar surface area (TPSA) is 25.2 Å². The van der Waals surface area contributed by atoms with Crippen LogP contribution in [0.3, 0.4) is 0 Å². The smallest absolute Gasteiger partial charge is 0.134 e. The van der Waals surface area contributed by atoms with Gasteiger partial charge in [-0.2, -0.15) is 0 Å². The van der Waals surface area contributed by atoms with Gasteiger partial charge in [0.2, 0.25) is 0 Å². The molecule has 0 saturated carbocycles. The second-order valence-corrected chi connectivity index (χ2v) is 4.29. The summed E-state index contributed by atoms with van der Waals surface area (Å²) in [6.45, 7) is 7.16. The van der Waals surface area contributed by atoms with Gasteiger partial charge >= 0.3 is 0 Å². The van der Waals surface area contributed by atoms with Crippen molar-refractivity contribution in [2.45, 2.75) is 33.4 Å². The van der Waals surface area contributed by atoms with Crippen molar-refractivity contribution < 1.29 is 4.42 Å². The highest BCUT2D eigenvalue weighted by Crippen LogP contribution is 2.20. The molecule has 0 atom stereocenters. The van der Waals surface area contributed by atoms with Crippen molar-refractivity contribution >= 4 is 11.0 Å². The van der Waals surface area contributed by atoms with Crippen molar-refractivity contribution in [2.24, 2.45) is 0 Å². The fourth-order valence-electron chi connectivity index (χ4n) is 1.61. The molecule has 0 amide bonds. The van der Waals surface area contributed by atoms with Crippen molar-refractivity contribution in [3.63, 3.8) is 0 Å². The third-order valence-electron chi connectivity index (χ3n) is 2.41. The lowest BCUT2D eigenvalue weighted by atomic mass is 10.2. The lowest BCUT2D eigenvalue weighted by molar-refractivity contribution is 0.488. The molecule has 0 radical (unpaired) electrons. The zero-order valence-electron chi connectivity index (χ0n) is 9.50. The number of hydrogen-bond acceptors (Lipinski definition) is 2. The molecule has 2 aromatic rings. The lowest BCUT2D eigenvalue weighted by Gasteiger charge is -2.04. The predicted molar refractivity (Wildman–Crippen MR) is 62.9 cm³/mol. The molecule has 80 valence electrons. The summed E-state index contributed by atoms with van der Waals surface area (Å²) in [6.07, 6.45) is 0. The molecule has 2 rings (SSSR count). The van der Waals surface area contributed by atoms with E-state index >= 15 is 0 Å². The van der Waals surface area contributed by atoms with E-state index in [1.807, 2.05) is 6.07 Å². The highest BCUT2D eigenvalue weighted by molar-refractivity contribution is 5.78. The van der Waals surface area contributed by atoms with Crippen LogP contribution in [0.5, 0.6) is 0 Å². The van der Waals surface area contributed by atoms with Crippen molar-refractivity contribution in [1.29, 1.82) is 0 Å². The standard InChI is InChI=1S/C13H17NO/c1-9(2)14-8-12-7-11-6-10(3)4-5-13(11)15-12/h4-7,9,14H,8H2,1-3H3. The first kappa shape index (κ1) is 10.2. The number of hydrogen-bond donors (Lipinski definition) is 1. The van der Waals surface area contributed by atoms with Crippen LogP contribution in [0.15, 0.2) is 28.7 Å². The summed E-state index contributed by atoms with van der Waals surface area (Å²) in [5.41, 5.74) is 2.24. The van der Waals surface area contributed by atoms with E-state index in [1.54, 1.807) is 0 Å². The first-order valence-electron chi connectivity index (χ1n) is 5.37. The van der Waals surface area contributed by atoms with Crippen LogP contribution >= 0.6 is 0 Å². The molecule has 0 aliphatic heterocycles. The summed E-state index contributed by atoms with van der Waals surface area (Å²) >= 11 is 0. The van der Waals surface area contributed by atoms with Crippen LogP contribution in [0.2, 0.25) is 0 Å². The second-order valence-electron chi connectivity index (χ2n) is 4.29. The van der Waals surface area contributed by atoms with E-state index in [4.69, 9.17) is 4.42 Å².